The van der Waals surface area contributed by atoms with Gasteiger partial charge in [-0.2, -0.15) is 10.2 Å². The largest absolute Gasteiger partial charge is 0.398 e. The molecule has 2 aromatic rings. The zero-order chi connectivity index (χ0) is 29.1. The van der Waals surface area contributed by atoms with Gasteiger partial charge in [0.05, 0.1) is 33.7 Å². The molecular weight excluding hydrogens is 544 g/mol. The lowest BCUT2D eigenvalue weighted by Gasteiger charge is -2.31. The summed E-state index contributed by atoms with van der Waals surface area (Å²) in [6.45, 7) is 3.83. The fourth-order valence-electron chi connectivity index (χ4n) is 4.82. The summed E-state index contributed by atoms with van der Waals surface area (Å²) in [5.74, 6) is 11.6. The van der Waals surface area contributed by atoms with Gasteiger partial charge in [-0.3, -0.25) is 9.59 Å². The highest BCUT2D eigenvalue weighted by atomic mass is 32.2. The summed E-state index contributed by atoms with van der Waals surface area (Å²) in [4.78, 5) is 25.2. The van der Waals surface area contributed by atoms with Gasteiger partial charge in [0.1, 0.15) is 0 Å². The van der Waals surface area contributed by atoms with E-state index in [2.05, 4.69) is 20.8 Å². The van der Waals surface area contributed by atoms with Crippen LogP contribution in [0, 0.1) is 11.8 Å². The van der Waals surface area contributed by atoms with Crippen molar-refractivity contribution in [2.75, 3.05) is 11.5 Å². The number of hydrazone groups is 2. The second-order valence-corrected chi connectivity index (χ2v) is 12.6. The standard InChI is InChI=1S/C28H40N8O2S2/c1-17(33-25(37)15-19-8-3-5-12-23(19)29)39-27(35-31)21-10-7-11-22(14-21)28(36-32)40-18(2)34-26(38)16-20-9-4-6-13-24(20)30/h3-6,8-9,12-13,17-18,21-22H,7,10-11,14-16,29-32H2,1-2H3,(H,33,37)(H,34,38)/b35-27-,36-28-/t17?,18?,21-,22-/m0/s1. The van der Waals surface area contributed by atoms with Crippen LogP contribution in [0.4, 0.5) is 11.4 Å². The van der Waals surface area contributed by atoms with Gasteiger partial charge < -0.3 is 33.8 Å². The van der Waals surface area contributed by atoms with E-state index in [4.69, 9.17) is 23.2 Å². The summed E-state index contributed by atoms with van der Waals surface area (Å²) in [6.07, 6.45) is 4.05. The molecule has 2 aromatic carbocycles. The highest BCUT2D eigenvalue weighted by Crippen LogP contribution is 2.37. The predicted octanol–water partition coefficient (Wildman–Crippen LogP) is 3.38. The first-order valence-corrected chi connectivity index (χ1v) is 15.1. The molecule has 0 saturated heterocycles. The monoisotopic (exact) mass is 584 g/mol. The Morgan fingerprint density at radius 1 is 0.800 bits per heavy atom. The minimum atomic E-state index is -0.217. The molecule has 1 fully saturated rings. The van der Waals surface area contributed by atoms with Crippen molar-refractivity contribution in [3.63, 3.8) is 0 Å². The van der Waals surface area contributed by atoms with Gasteiger partial charge in [-0.25, -0.2) is 0 Å². The van der Waals surface area contributed by atoms with E-state index in [1.54, 1.807) is 12.1 Å². The zero-order valence-electron chi connectivity index (χ0n) is 23.0. The molecule has 1 saturated carbocycles. The Labute approximate surface area is 244 Å². The van der Waals surface area contributed by atoms with Crippen LogP contribution in [-0.2, 0) is 22.4 Å². The number of nitrogen functional groups attached to an aromatic ring is 2. The van der Waals surface area contributed by atoms with Crippen LogP contribution in [0.2, 0.25) is 0 Å². The lowest BCUT2D eigenvalue weighted by atomic mass is 9.82. The van der Waals surface area contributed by atoms with Crippen molar-refractivity contribution in [2.24, 2.45) is 33.7 Å². The van der Waals surface area contributed by atoms with Crippen molar-refractivity contribution in [3.05, 3.63) is 59.7 Å². The molecule has 0 heterocycles. The second-order valence-electron chi connectivity index (χ2n) is 9.90. The first-order valence-electron chi connectivity index (χ1n) is 13.3. The zero-order valence-corrected chi connectivity index (χ0v) is 24.6. The molecule has 216 valence electrons. The van der Waals surface area contributed by atoms with Gasteiger partial charge in [0, 0.05) is 23.2 Å². The molecule has 0 radical (unpaired) electrons. The smallest absolute Gasteiger partial charge is 0.225 e. The van der Waals surface area contributed by atoms with Crippen LogP contribution >= 0.6 is 23.5 Å². The number of para-hydroxylation sites is 2. The Morgan fingerprint density at radius 3 is 1.57 bits per heavy atom. The summed E-state index contributed by atoms with van der Waals surface area (Å²) < 4.78 is 0. The lowest BCUT2D eigenvalue weighted by molar-refractivity contribution is -0.121. The third-order valence-corrected chi connectivity index (χ3v) is 9.07. The van der Waals surface area contributed by atoms with Gasteiger partial charge in [-0.1, -0.05) is 66.3 Å². The maximum Gasteiger partial charge on any atom is 0.225 e. The van der Waals surface area contributed by atoms with E-state index < -0.39 is 0 Å². The number of hydrogen-bond acceptors (Lipinski definition) is 10. The second kappa shape index (κ2) is 15.4. The number of carbonyl (C=O) groups excluding carboxylic acids is 2. The molecule has 3 rings (SSSR count). The highest BCUT2D eigenvalue weighted by Gasteiger charge is 2.31. The fraction of sp³-hybridized carbons (Fsp3) is 0.429. The number of benzene rings is 2. The fourth-order valence-corrected chi connectivity index (χ4v) is 6.86. The number of nitrogens with one attached hydrogen (secondary N) is 2. The Kier molecular flexibility index (Phi) is 12.0. The molecule has 10 nitrogen and oxygen atoms in total. The average Bonchev–Trinajstić information content (AvgIpc) is 2.93. The number of hydrogen-bond donors (Lipinski definition) is 6. The Morgan fingerprint density at radius 2 is 1.20 bits per heavy atom. The van der Waals surface area contributed by atoms with Gasteiger partial charge in [0.15, 0.2) is 0 Å². The molecular formula is C28H40N8O2S2. The average molecular weight is 585 g/mol. The highest BCUT2D eigenvalue weighted by molar-refractivity contribution is 8.14. The van der Waals surface area contributed by atoms with E-state index in [-0.39, 0.29) is 47.2 Å². The van der Waals surface area contributed by atoms with Crippen LogP contribution in [0.5, 0.6) is 0 Å². The summed E-state index contributed by atoms with van der Waals surface area (Å²) in [5, 5.41) is 15.3. The van der Waals surface area contributed by atoms with Crippen molar-refractivity contribution in [2.45, 2.75) is 63.1 Å². The summed E-state index contributed by atoms with van der Waals surface area (Å²) >= 11 is 2.91. The maximum absolute atomic E-state index is 12.6. The van der Waals surface area contributed by atoms with Crippen LogP contribution < -0.4 is 33.8 Å². The van der Waals surface area contributed by atoms with E-state index in [0.29, 0.717) is 11.4 Å². The molecule has 0 spiro atoms. The molecule has 1 aliphatic carbocycles. The topological polar surface area (TPSA) is 187 Å². The van der Waals surface area contributed by atoms with Crippen molar-refractivity contribution >= 4 is 56.8 Å². The molecule has 0 aromatic heterocycles. The number of thioether (sulfide) groups is 2. The molecule has 2 unspecified atom stereocenters. The summed E-state index contributed by atoms with van der Waals surface area (Å²) in [7, 11) is 0. The van der Waals surface area contributed by atoms with Gasteiger partial charge in [0.25, 0.3) is 0 Å². The number of anilines is 2. The van der Waals surface area contributed by atoms with Gasteiger partial charge in [0.2, 0.25) is 11.8 Å². The van der Waals surface area contributed by atoms with E-state index in [0.717, 1.165) is 46.9 Å². The molecule has 0 aliphatic heterocycles. The number of carbonyl (C=O) groups is 2. The Bertz CT molecular complexity index is 1130. The third kappa shape index (κ3) is 9.37. The molecule has 2 amide bonds. The number of rotatable bonds is 10. The van der Waals surface area contributed by atoms with E-state index in [1.807, 2.05) is 50.2 Å². The van der Waals surface area contributed by atoms with Crippen LogP contribution in [0.25, 0.3) is 0 Å². The SMILES string of the molecule is CC(NC(=O)Cc1ccccc1N)S/C(=N\N)[C@H]1CCC[C@H](/C(=N/N)SC(C)NC(=O)Cc2ccccc2N)C1. The molecule has 40 heavy (non-hydrogen) atoms. The molecule has 1 aliphatic rings. The van der Waals surface area contributed by atoms with Crippen molar-refractivity contribution in [3.8, 4) is 0 Å². The third-order valence-electron chi connectivity index (χ3n) is 6.76. The van der Waals surface area contributed by atoms with Crippen LogP contribution in [0.3, 0.4) is 0 Å². The van der Waals surface area contributed by atoms with Gasteiger partial charge >= 0.3 is 0 Å². The molecule has 4 atom stereocenters. The Balaban J connectivity index is 1.51. The van der Waals surface area contributed by atoms with Crippen molar-refractivity contribution in [1.29, 1.82) is 0 Å². The molecule has 10 N–H and O–H groups in total. The number of amides is 2. The van der Waals surface area contributed by atoms with E-state index in [9.17, 15) is 9.59 Å². The molecule has 0 bridgehead atoms. The predicted molar refractivity (Wildman–Crippen MR) is 168 cm³/mol. The first-order chi connectivity index (χ1) is 19.2. The van der Waals surface area contributed by atoms with Crippen molar-refractivity contribution < 1.29 is 9.59 Å². The minimum absolute atomic E-state index is 0.115. The number of nitrogens with two attached hydrogens (primary N) is 4. The minimum Gasteiger partial charge on any atom is -0.398 e. The summed E-state index contributed by atoms with van der Waals surface area (Å²) in [5.41, 5.74) is 14.7. The number of nitrogens with zero attached hydrogens (tertiary/aromatic N) is 2. The summed E-state index contributed by atoms with van der Waals surface area (Å²) in [6, 6.07) is 14.7. The van der Waals surface area contributed by atoms with Crippen LogP contribution in [0.1, 0.15) is 50.7 Å². The maximum atomic E-state index is 12.6. The van der Waals surface area contributed by atoms with Gasteiger partial charge in [-0.05, 0) is 56.4 Å². The van der Waals surface area contributed by atoms with Crippen LogP contribution in [0.15, 0.2) is 58.7 Å². The van der Waals surface area contributed by atoms with E-state index in [1.165, 1.54) is 23.5 Å². The van der Waals surface area contributed by atoms with Gasteiger partial charge in [-0.15, -0.1) is 0 Å². The molecule has 12 heteroatoms. The van der Waals surface area contributed by atoms with Crippen LogP contribution in [-0.4, -0.2) is 32.6 Å². The Hall–Kier alpha value is -3.38. The van der Waals surface area contributed by atoms with Crippen molar-refractivity contribution in [1.82, 2.24) is 10.6 Å². The quantitative estimate of drug-likeness (QED) is 0.0612. The van der Waals surface area contributed by atoms with E-state index >= 15 is 0 Å². The normalized spacial score (nSPS) is 19.4. The first kappa shape index (κ1) is 31.2. The lowest BCUT2D eigenvalue weighted by Crippen LogP contribution is -2.35.